The summed E-state index contributed by atoms with van der Waals surface area (Å²) in [5.41, 5.74) is 0. The molecular weight excluding hydrogens is 723 g/mol. The Bertz CT molecular complexity index is 1090. The van der Waals surface area contributed by atoms with Crippen molar-refractivity contribution in [2.45, 2.75) is 180 Å². The van der Waals surface area contributed by atoms with Crippen LogP contribution in [0.1, 0.15) is 162 Å². The lowest BCUT2D eigenvalue weighted by atomic mass is 9.99. The minimum absolute atomic E-state index is 0.0488. The second-order valence-corrected chi connectivity index (χ2v) is 15.9. The standard InChI is InChI=1S/C43H77O11P/c1-4-6-7-8-9-12-16-20-25-30-39(45)31-26-21-18-23-28-33-43(48)54-41(37-53-55(49,50)52-35-40(46)34-44)36-51-42(47)32-27-22-17-14-11-10-13-15-19-24-29-38(3)5-2/h9,12,18,20-21,25-26,31,38-41,44-46H,4-8,10-11,13-17,19,22-24,27-30,32-37H2,1-3H3,(H,49,50)/b12-9-,21-18+,25-20-,31-26-/t38?,39?,40-,41+/m0/s1. The van der Waals surface area contributed by atoms with Crippen LogP contribution in [0, 0.1) is 5.92 Å². The van der Waals surface area contributed by atoms with Gasteiger partial charge in [-0.25, -0.2) is 4.57 Å². The van der Waals surface area contributed by atoms with Crippen molar-refractivity contribution in [1.29, 1.82) is 0 Å². The van der Waals surface area contributed by atoms with Gasteiger partial charge in [0.15, 0.2) is 6.10 Å². The predicted molar refractivity (Wildman–Crippen MR) is 220 cm³/mol. The van der Waals surface area contributed by atoms with Gasteiger partial charge in [-0.05, 0) is 50.9 Å². The molecule has 0 aromatic rings. The average Bonchev–Trinajstić information content (AvgIpc) is 3.17. The normalized spacial score (nSPS) is 15.5. The van der Waals surface area contributed by atoms with Crippen LogP contribution in [0.4, 0.5) is 0 Å². The fourth-order valence-corrected chi connectivity index (χ4v) is 6.18. The highest BCUT2D eigenvalue weighted by Crippen LogP contribution is 2.43. The van der Waals surface area contributed by atoms with Gasteiger partial charge in [0.2, 0.25) is 0 Å². The third kappa shape index (κ3) is 37.2. The first-order valence-corrected chi connectivity index (χ1v) is 22.6. The summed E-state index contributed by atoms with van der Waals surface area (Å²) in [6, 6.07) is 0. The second-order valence-electron chi connectivity index (χ2n) is 14.5. The lowest BCUT2D eigenvalue weighted by Gasteiger charge is -2.20. The van der Waals surface area contributed by atoms with Gasteiger partial charge in [0.05, 0.1) is 25.9 Å². The molecule has 0 aliphatic heterocycles. The molecule has 0 fully saturated rings. The van der Waals surface area contributed by atoms with E-state index < -0.39 is 57.9 Å². The van der Waals surface area contributed by atoms with Crippen LogP contribution >= 0.6 is 7.82 Å². The van der Waals surface area contributed by atoms with Crippen molar-refractivity contribution in [2.24, 2.45) is 5.92 Å². The highest BCUT2D eigenvalue weighted by molar-refractivity contribution is 7.47. The first kappa shape index (κ1) is 52.9. The number of unbranched alkanes of at least 4 members (excludes halogenated alkanes) is 13. The molecule has 0 saturated carbocycles. The number of esters is 2. The number of aliphatic hydroxyl groups is 3. The molecular formula is C43H77O11P. The van der Waals surface area contributed by atoms with E-state index in [0.717, 1.165) is 38.0 Å². The Labute approximate surface area is 333 Å². The number of hydrogen-bond acceptors (Lipinski definition) is 10. The van der Waals surface area contributed by atoms with Crippen LogP contribution < -0.4 is 0 Å². The van der Waals surface area contributed by atoms with E-state index in [0.29, 0.717) is 25.7 Å². The molecule has 0 spiro atoms. The van der Waals surface area contributed by atoms with Gasteiger partial charge in [-0.15, -0.1) is 0 Å². The van der Waals surface area contributed by atoms with Gasteiger partial charge in [0.1, 0.15) is 12.7 Å². The molecule has 0 aliphatic rings. The van der Waals surface area contributed by atoms with E-state index in [9.17, 15) is 29.3 Å². The molecule has 4 N–H and O–H groups in total. The number of aliphatic hydroxyl groups excluding tert-OH is 3. The molecule has 0 bridgehead atoms. The Morgan fingerprint density at radius 1 is 0.691 bits per heavy atom. The minimum atomic E-state index is -4.65. The minimum Gasteiger partial charge on any atom is -0.462 e. The van der Waals surface area contributed by atoms with Crippen molar-refractivity contribution < 1.29 is 52.9 Å². The molecule has 0 heterocycles. The maximum Gasteiger partial charge on any atom is 0.472 e. The third-order valence-electron chi connectivity index (χ3n) is 9.11. The van der Waals surface area contributed by atoms with E-state index in [1.54, 1.807) is 18.2 Å². The van der Waals surface area contributed by atoms with Crippen molar-refractivity contribution >= 4 is 19.8 Å². The molecule has 0 aromatic heterocycles. The summed E-state index contributed by atoms with van der Waals surface area (Å²) in [5, 5.41) is 28.4. The lowest BCUT2D eigenvalue weighted by Crippen LogP contribution is -2.29. The average molecular weight is 801 g/mol. The van der Waals surface area contributed by atoms with Crippen LogP contribution in [0.2, 0.25) is 0 Å². The van der Waals surface area contributed by atoms with Gasteiger partial charge < -0.3 is 29.7 Å². The number of hydrogen-bond donors (Lipinski definition) is 4. The zero-order valence-electron chi connectivity index (χ0n) is 34.4. The van der Waals surface area contributed by atoms with Gasteiger partial charge in [0.25, 0.3) is 0 Å². The second kappa shape index (κ2) is 37.5. The van der Waals surface area contributed by atoms with E-state index in [-0.39, 0.29) is 19.4 Å². The largest absolute Gasteiger partial charge is 0.472 e. The smallest absolute Gasteiger partial charge is 0.462 e. The number of carbonyl (C=O) groups excluding carboxylic acids is 2. The van der Waals surface area contributed by atoms with E-state index >= 15 is 0 Å². The predicted octanol–water partition coefficient (Wildman–Crippen LogP) is 9.77. The van der Waals surface area contributed by atoms with Crippen LogP contribution in [0.25, 0.3) is 0 Å². The molecule has 3 unspecified atom stereocenters. The summed E-state index contributed by atoms with van der Waals surface area (Å²) in [5.74, 6) is -0.224. The van der Waals surface area contributed by atoms with Gasteiger partial charge in [-0.2, -0.15) is 0 Å². The lowest BCUT2D eigenvalue weighted by molar-refractivity contribution is -0.161. The summed E-state index contributed by atoms with van der Waals surface area (Å²) in [7, 11) is -4.65. The summed E-state index contributed by atoms with van der Waals surface area (Å²) in [4.78, 5) is 34.9. The van der Waals surface area contributed by atoms with E-state index in [1.807, 2.05) is 18.2 Å². The zero-order valence-corrected chi connectivity index (χ0v) is 35.3. The first-order valence-electron chi connectivity index (χ1n) is 21.1. The fourth-order valence-electron chi connectivity index (χ4n) is 5.39. The summed E-state index contributed by atoms with van der Waals surface area (Å²) in [6.45, 7) is 4.51. The number of phosphoric acid groups is 1. The van der Waals surface area contributed by atoms with Crippen molar-refractivity contribution in [3.63, 3.8) is 0 Å². The molecule has 320 valence electrons. The molecule has 0 aromatic carbocycles. The Morgan fingerprint density at radius 2 is 1.31 bits per heavy atom. The van der Waals surface area contributed by atoms with Crippen LogP contribution in [-0.2, 0) is 32.7 Å². The molecule has 0 radical (unpaired) electrons. The van der Waals surface area contributed by atoms with Crippen molar-refractivity contribution in [2.75, 3.05) is 26.4 Å². The van der Waals surface area contributed by atoms with Gasteiger partial charge >= 0.3 is 19.8 Å². The monoisotopic (exact) mass is 801 g/mol. The van der Waals surface area contributed by atoms with Crippen molar-refractivity contribution in [1.82, 2.24) is 0 Å². The number of carbonyl (C=O) groups is 2. The van der Waals surface area contributed by atoms with Gasteiger partial charge in [-0.3, -0.25) is 18.6 Å². The molecule has 0 rings (SSSR count). The fraction of sp³-hybridized carbons (Fsp3) is 0.767. The van der Waals surface area contributed by atoms with Crippen LogP contribution in [0.3, 0.4) is 0 Å². The van der Waals surface area contributed by atoms with E-state index in [1.165, 1.54) is 70.6 Å². The number of ether oxygens (including phenoxy) is 2. The number of phosphoric ester groups is 1. The highest BCUT2D eigenvalue weighted by atomic mass is 31.2. The molecule has 11 nitrogen and oxygen atoms in total. The molecule has 0 amide bonds. The van der Waals surface area contributed by atoms with Crippen LogP contribution in [0.5, 0.6) is 0 Å². The highest BCUT2D eigenvalue weighted by Gasteiger charge is 2.27. The van der Waals surface area contributed by atoms with E-state index in [2.05, 4.69) is 37.4 Å². The molecule has 5 atom stereocenters. The summed E-state index contributed by atoms with van der Waals surface area (Å²) >= 11 is 0. The third-order valence-corrected chi connectivity index (χ3v) is 10.1. The SMILES string of the molecule is CCCCC/C=C\C/C=C\CC(O)/C=C\C=C\CCCC(=O)O[C@H](COC(=O)CCCCCCCCCCCCC(C)CC)COP(=O)(O)OC[C@@H](O)CO. The quantitative estimate of drug-likeness (QED) is 0.0154. The molecule has 55 heavy (non-hydrogen) atoms. The maximum absolute atomic E-state index is 12.6. The van der Waals surface area contributed by atoms with Crippen LogP contribution in [-0.4, -0.2) is 76.9 Å². The summed E-state index contributed by atoms with van der Waals surface area (Å²) < 4.78 is 32.6. The Balaban J connectivity index is 4.52. The Hall–Kier alpha value is -2.11. The maximum atomic E-state index is 12.6. The van der Waals surface area contributed by atoms with Crippen molar-refractivity contribution in [3.8, 4) is 0 Å². The van der Waals surface area contributed by atoms with Crippen molar-refractivity contribution in [3.05, 3.63) is 48.6 Å². The van der Waals surface area contributed by atoms with Gasteiger partial charge in [-0.1, -0.05) is 153 Å². The summed E-state index contributed by atoms with van der Waals surface area (Å²) in [6.07, 6.45) is 33.9. The van der Waals surface area contributed by atoms with Crippen LogP contribution in [0.15, 0.2) is 48.6 Å². The Morgan fingerprint density at radius 3 is 1.98 bits per heavy atom. The number of allylic oxidation sites excluding steroid dienone is 6. The number of rotatable bonds is 38. The zero-order chi connectivity index (χ0) is 40.8. The molecule has 0 saturated heterocycles. The topological polar surface area (TPSA) is 169 Å². The van der Waals surface area contributed by atoms with Gasteiger partial charge in [0, 0.05) is 12.8 Å². The molecule has 0 aliphatic carbocycles. The van der Waals surface area contributed by atoms with E-state index in [4.69, 9.17) is 19.1 Å². The Kier molecular flexibility index (Phi) is 36.0. The molecule has 12 heteroatoms. The first-order chi connectivity index (χ1) is 26.5.